The number of aromatic nitrogens is 4. The van der Waals surface area contributed by atoms with Gasteiger partial charge in [-0.1, -0.05) is 35.9 Å². The highest BCUT2D eigenvalue weighted by atomic mass is 35.5. The van der Waals surface area contributed by atoms with Crippen LogP contribution in [0.15, 0.2) is 49.1 Å². The van der Waals surface area contributed by atoms with Gasteiger partial charge in [-0.25, -0.2) is 15.0 Å². The van der Waals surface area contributed by atoms with Crippen molar-refractivity contribution in [2.75, 3.05) is 11.1 Å². The molecule has 2 heterocycles. The highest BCUT2D eigenvalue weighted by molar-refractivity contribution is 6.29. The molecule has 7 heteroatoms. The molecule has 0 radical (unpaired) electrons. The lowest BCUT2D eigenvalue weighted by Crippen LogP contribution is -2.09. The normalized spacial score (nSPS) is 11.9. The highest BCUT2D eigenvalue weighted by Gasteiger charge is 2.08. The minimum atomic E-state index is 0.0430. The van der Waals surface area contributed by atoms with E-state index in [0.29, 0.717) is 11.0 Å². The van der Waals surface area contributed by atoms with Crippen molar-refractivity contribution in [3.05, 3.63) is 59.8 Å². The number of hydrogen-bond donors (Lipinski definition) is 2. The van der Waals surface area contributed by atoms with E-state index in [1.165, 1.54) is 6.33 Å². The predicted octanol–water partition coefficient (Wildman–Crippen LogP) is 3.34. The minimum Gasteiger partial charge on any atom is -0.368 e. The van der Waals surface area contributed by atoms with Crippen LogP contribution in [0.2, 0.25) is 5.15 Å². The summed E-state index contributed by atoms with van der Waals surface area (Å²) in [5.41, 5.74) is 8.76. The first-order valence-corrected chi connectivity index (χ1v) is 7.41. The number of nitrogens with zero attached hydrogens (tertiary/aromatic N) is 4. The molecule has 116 valence electrons. The van der Waals surface area contributed by atoms with E-state index in [-0.39, 0.29) is 12.0 Å². The Labute approximate surface area is 138 Å². The number of anilines is 2. The van der Waals surface area contributed by atoms with Crippen LogP contribution in [0.3, 0.4) is 0 Å². The number of nitrogens with two attached hydrogens (primary N) is 1. The molecular formula is C16H15ClN6. The predicted molar refractivity (Wildman–Crippen MR) is 91.0 cm³/mol. The van der Waals surface area contributed by atoms with Crippen LogP contribution in [0.1, 0.15) is 18.5 Å². The monoisotopic (exact) mass is 326 g/mol. The molecule has 3 rings (SSSR count). The van der Waals surface area contributed by atoms with Gasteiger partial charge in [0, 0.05) is 30.1 Å². The maximum absolute atomic E-state index is 5.89. The standard InChI is InChI=1S/C16H15ClN6/c1-10(21-15-6-14(17)22-16(18)23-15)11-2-4-12(5-3-11)13-7-19-9-20-8-13/h2-10H,1H3,(H3,18,21,22,23)/t10-/m0/s1. The first-order chi connectivity index (χ1) is 11.1. The largest absolute Gasteiger partial charge is 0.368 e. The molecule has 0 spiro atoms. The summed E-state index contributed by atoms with van der Waals surface area (Å²) in [6.45, 7) is 2.03. The molecule has 1 aromatic carbocycles. The van der Waals surface area contributed by atoms with E-state index in [4.69, 9.17) is 17.3 Å². The molecule has 6 nitrogen and oxygen atoms in total. The fourth-order valence-electron chi connectivity index (χ4n) is 2.23. The third-order valence-corrected chi connectivity index (χ3v) is 3.57. The fourth-order valence-corrected chi connectivity index (χ4v) is 2.42. The smallest absolute Gasteiger partial charge is 0.223 e. The molecule has 1 atom stereocenters. The Morgan fingerprint density at radius 2 is 1.74 bits per heavy atom. The molecule has 0 unspecified atom stereocenters. The maximum Gasteiger partial charge on any atom is 0.223 e. The zero-order valence-electron chi connectivity index (χ0n) is 12.4. The summed E-state index contributed by atoms with van der Waals surface area (Å²) in [6, 6.07) is 9.85. The Bertz CT molecular complexity index is 771. The SMILES string of the molecule is C[C@H](Nc1cc(Cl)nc(N)n1)c1ccc(-c2cncnc2)cc1. The third-order valence-electron chi connectivity index (χ3n) is 3.38. The molecule has 3 aromatic rings. The summed E-state index contributed by atoms with van der Waals surface area (Å²) in [6.07, 6.45) is 5.09. The van der Waals surface area contributed by atoms with E-state index < -0.39 is 0 Å². The molecule has 2 aromatic heterocycles. The zero-order valence-corrected chi connectivity index (χ0v) is 13.2. The molecular weight excluding hydrogens is 312 g/mol. The molecule has 0 aliphatic carbocycles. The van der Waals surface area contributed by atoms with Crippen LogP contribution in [0, 0.1) is 0 Å². The Morgan fingerprint density at radius 3 is 2.39 bits per heavy atom. The van der Waals surface area contributed by atoms with Crippen molar-refractivity contribution in [3.8, 4) is 11.1 Å². The van der Waals surface area contributed by atoms with E-state index in [0.717, 1.165) is 16.7 Å². The van der Waals surface area contributed by atoms with E-state index in [1.807, 2.05) is 31.2 Å². The average Bonchev–Trinajstić information content (AvgIpc) is 2.55. The van der Waals surface area contributed by atoms with Gasteiger partial charge in [-0.05, 0) is 18.1 Å². The number of rotatable bonds is 4. The number of benzene rings is 1. The number of nitrogens with one attached hydrogen (secondary N) is 1. The summed E-state index contributed by atoms with van der Waals surface area (Å²) < 4.78 is 0. The van der Waals surface area contributed by atoms with Gasteiger partial charge >= 0.3 is 0 Å². The Hall–Kier alpha value is -2.73. The number of halogens is 1. The van der Waals surface area contributed by atoms with Gasteiger partial charge < -0.3 is 11.1 Å². The number of nitrogen functional groups attached to an aromatic ring is 1. The maximum atomic E-state index is 5.89. The van der Waals surface area contributed by atoms with Crippen LogP contribution < -0.4 is 11.1 Å². The van der Waals surface area contributed by atoms with Gasteiger partial charge in [0.15, 0.2) is 0 Å². The van der Waals surface area contributed by atoms with Crippen LogP contribution >= 0.6 is 11.6 Å². The molecule has 3 N–H and O–H groups in total. The van der Waals surface area contributed by atoms with Crippen molar-refractivity contribution in [1.82, 2.24) is 19.9 Å². The Morgan fingerprint density at radius 1 is 1.04 bits per heavy atom. The second-order valence-corrected chi connectivity index (χ2v) is 5.44. The van der Waals surface area contributed by atoms with Crippen molar-refractivity contribution in [1.29, 1.82) is 0 Å². The van der Waals surface area contributed by atoms with E-state index in [1.54, 1.807) is 18.5 Å². The Kier molecular flexibility index (Phi) is 4.34. The summed E-state index contributed by atoms with van der Waals surface area (Å²) in [7, 11) is 0. The van der Waals surface area contributed by atoms with Crippen LogP contribution in [-0.4, -0.2) is 19.9 Å². The Balaban J connectivity index is 1.76. The molecule has 0 fully saturated rings. The lowest BCUT2D eigenvalue weighted by Gasteiger charge is -2.15. The first kappa shape index (κ1) is 15.2. The van der Waals surface area contributed by atoms with Gasteiger partial charge in [-0.15, -0.1) is 0 Å². The topological polar surface area (TPSA) is 89.6 Å². The van der Waals surface area contributed by atoms with Crippen molar-refractivity contribution >= 4 is 23.4 Å². The van der Waals surface area contributed by atoms with Gasteiger partial charge in [-0.2, -0.15) is 4.98 Å². The third kappa shape index (κ3) is 3.73. The molecule has 0 bridgehead atoms. The van der Waals surface area contributed by atoms with Crippen LogP contribution in [0.25, 0.3) is 11.1 Å². The molecule has 0 amide bonds. The molecule has 0 aliphatic rings. The second kappa shape index (κ2) is 6.58. The van der Waals surface area contributed by atoms with Gasteiger partial charge in [-0.3, -0.25) is 0 Å². The lowest BCUT2D eigenvalue weighted by molar-refractivity contribution is 0.873. The van der Waals surface area contributed by atoms with Crippen molar-refractivity contribution in [2.45, 2.75) is 13.0 Å². The van der Waals surface area contributed by atoms with Crippen LogP contribution in [-0.2, 0) is 0 Å². The summed E-state index contributed by atoms with van der Waals surface area (Å²) in [5.74, 6) is 0.738. The van der Waals surface area contributed by atoms with Gasteiger partial charge in [0.25, 0.3) is 0 Å². The summed E-state index contributed by atoms with van der Waals surface area (Å²) in [5, 5.41) is 3.57. The number of hydrogen-bond acceptors (Lipinski definition) is 6. The second-order valence-electron chi connectivity index (χ2n) is 5.05. The van der Waals surface area contributed by atoms with Gasteiger partial charge in [0.1, 0.15) is 17.3 Å². The van der Waals surface area contributed by atoms with Crippen molar-refractivity contribution in [3.63, 3.8) is 0 Å². The lowest BCUT2D eigenvalue weighted by atomic mass is 10.0. The quantitative estimate of drug-likeness (QED) is 0.715. The zero-order chi connectivity index (χ0) is 16.2. The van der Waals surface area contributed by atoms with E-state index in [2.05, 4.69) is 25.3 Å². The van der Waals surface area contributed by atoms with Crippen molar-refractivity contribution < 1.29 is 0 Å². The molecule has 23 heavy (non-hydrogen) atoms. The molecule has 0 saturated carbocycles. The average molecular weight is 327 g/mol. The van der Waals surface area contributed by atoms with Crippen molar-refractivity contribution in [2.24, 2.45) is 0 Å². The van der Waals surface area contributed by atoms with Gasteiger partial charge in [0.05, 0.1) is 0 Å². The summed E-state index contributed by atoms with van der Waals surface area (Å²) >= 11 is 5.89. The highest BCUT2D eigenvalue weighted by Crippen LogP contribution is 2.23. The minimum absolute atomic E-state index is 0.0430. The van der Waals surface area contributed by atoms with Crippen LogP contribution in [0.5, 0.6) is 0 Å². The van der Waals surface area contributed by atoms with Gasteiger partial charge in [0.2, 0.25) is 5.95 Å². The van der Waals surface area contributed by atoms with E-state index in [9.17, 15) is 0 Å². The molecule has 0 aliphatic heterocycles. The van der Waals surface area contributed by atoms with E-state index >= 15 is 0 Å². The molecule has 0 saturated heterocycles. The summed E-state index contributed by atoms with van der Waals surface area (Å²) in [4.78, 5) is 16.0. The first-order valence-electron chi connectivity index (χ1n) is 7.04. The van der Waals surface area contributed by atoms with Crippen LogP contribution in [0.4, 0.5) is 11.8 Å². The fraction of sp³-hybridized carbons (Fsp3) is 0.125.